The summed E-state index contributed by atoms with van der Waals surface area (Å²) in [5, 5.41) is 14.0. The van der Waals surface area contributed by atoms with Crippen LogP contribution in [0.3, 0.4) is 0 Å². The van der Waals surface area contributed by atoms with Gasteiger partial charge in [-0.15, -0.1) is 0 Å². The van der Waals surface area contributed by atoms with Gasteiger partial charge in [0.15, 0.2) is 0 Å². The molecular weight excluding hydrogens is 410 g/mol. The molecule has 0 bridgehead atoms. The molecule has 3 heterocycles. The molecule has 1 unspecified atom stereocenters. The topological polar surface area (TPSA) is 92.5 Å². The van der Waals surface area contributed by atoms with Gasteiger partial charge in [0.25, 0.3) is 0 Å². The number of likely N-dealkylation sites (tertiary alicyclic amines) is 1. The average molecular weight is 446 g/mol. The predicted molar refractivity (Wildman–Crippen MR) is 124 cm³/mol. The van der Waals surface area contributed by atoms with E-state index in [-0.39, 0.29) is 6.04 Å². The van der Waals surface area contributed by atoms with Crippen LogP contribution in [0.25, 0.3) is 11.0 Å². The number of hydrogen-bond donors (Lipinski definition) is 2. The number of piperidine rings is 1. The Balaban J connectivity index is 1.54. The van der Waals surface area contributed by atoms with E-state index in [9.17, 15) is 9.90 Å². The molecule has 8 nitrogen and oxygen atoms in total. The maximum absolute atomic E-state index is 11.4. The zero-order valence-electron chi connectivity index (χ0n) is 18.9. The quantitative estimate of drug-likeness (QED) is 0.443. The highest BCUT2D eigenvalue weighted by atomic mass is 28.3. The zero-order chi connectivity index (χ0) is 22.0. The molecule has 1 saturated carbocycles. The van der Waals surface area contributed by atoms with Gasteiger partial charge in [0.1, 0.15) is 24.5 Å². The van der Waals surface area contributed by atoms with Crippen molar-refractivity contribution in [1.82, 2.24) is 19.4 Å². The summed E-state index contributed by atoms with van der Waals surface area (Å²) in [4.78, 5) is 22.0. The van der Waals surface area contributed by atoms with Gasteiger partial charge in [0.2, 0.25) is 0 Å². The monoisotopic (exact) mass is 445 g/mol. The Morgan fingerprint density at radius 1 is 1.29 bits per heavy atom. The highest BCUT2D eigenvalue weighted by molar-refractivity contribution is 6.76. The van der Waals surface area contributed by atoms with E-state index in [1.807, 2.05) is 0 Å². The number of nitrogens with zero attached hydrogens (tertiary/aromatic N) is 4. The summed E-state index contributed by atoms with van der Waals surface area (Å²) in [6, 6.07) is 1.21. The van der Waals surface area contributed by atoms with Crippen molar-refractivity contribution in [3.05, 3.63) is 18.1 Å². The number of carboxylic acid groups (broad SMARTS) is 1. The van der Waals surface area contributed by atoms with Crippen molar-refractivity contribution in [2.75, 3.05) is 25.0 Å². The Morgan fingerprint density at radius 3 is 2.81 bits per heavy atom. The third-order valence-corrected chi connectivity index (χ3v) is 7.90. The third-order valence-electron chi connectivity index (χ3n) is 6.20. The average Bonchev–Trinajstić information content (AvgIpc) is 3.46. The maximum Gasteiger partial charge on any atom is 0.407 e. The van der Waals surface area contributed by atoms with Crippen molar-refractivity contribution >= 4 is 31.0 Å². The van der Waals surface area contributed by atoms with E-state index >= 15 is 0 Å². The highest BCUT2D eigenvalue weighted by Gasteiger charge is 2.27. The molecule has 2 aliphatic rings. The lowest BCUT2D eigenvalue weighted by Crippen LogP contribution is -2.44. The first-order valence-electron chi connectivity index (χ1n) is 11.4. The number of amides is 1. The zero-order valence-corrected chi connectivity index (χ0v) is 19.9. The van der Waals surface area contributed by atoms with Gasteiger partial charge in [-0.2, -0.15) is 0 Å². The molecule has 9 heteroatoms. The van der Waals surface area contributed by atoms with E-state index in [0.717, 1.165) is 54.7 Å². The van der Waals surface area contributed by atoms with Crippen LogP contribution < -0.4 is 5.32 Å². The summed E-state index contributed by atoms with van der Waals surface area (Å²) < 4.78 is 8.12. The van der Waals surface area contributed by atoms with Gasteiger partial charge in [-0.1, -0.05) is 19.6 Å². The van der Waals surface area contributed by atoms with Crippen LogP contribution in [0, 0.1) is 5.92 Å². The standard InChI is InChI=1S/C22H35N5O3Si/c1-31(2,3)10-9-30-15-27-12-17(11-16-6-7-16)19-20(23-14-24-21(19)27)25-18-5-4-8-26(13-18)22(28)29/h12,14,16,18H,4-11,13,15H2,1-3H3,(H,28,29)(H,23,24,25). The van der Waals surface area contributed by atoms with E-state index in [1.165, 1.54) is 23.3 Å². The summed E-state index contributed by atoms with van der Waals surface area (Å²) in [5.41, 5.74) is 2.16. The number of nitrogens with one attached hydrogen (secondary N) is 1. The van der Waals surface area contributed by atoms with Crippen LogP contribution in [0.2, 0.25) is 25.7 Å². The lowest BCUT2D eigenvalue weighted by molar-refractivity contribution is 0.0898. The Hall–Kier alpha value is -2.13. The predicted octanol–water partition coefficient (Wildman–Crippen LogP) is 4.25. The van der Waals surface area contributed by atoms with Crippen LogP contribution in [0.5, 0.6) is 0 Å². The fourth-order valence-corrected chi connectivity index (χ4v) is 4.96. The van der Waals surface area contributed by atoms with E-state index in [4.69, 9.17) is 4.74 Å². The van der Waals surface area contributed by atoms with Crippen molar-refractivity contribution in [2.45, 2.75) is 70.6 Å². The Bertz CT molecular complexity index is 922. The summed E-state index contributed by atoms with van der Waals surface area (Å²) >= 11 is 0. The molecule has 1 amide bonds. The second kappa shape index (κ2) is 9.16. The molecule has 31 heavy (non-hydrogen) atoms. The molecule has 2 N–H and O–H groups in total. The molecule has 2 aromatic heterocycles. The number of fused-ring (bicyclic) bond motifs is 1. The van der Waals surface area contributed by atoms with Gasteiger partial charge in [-0.05, 0) is 49.6 Å². The third kappa shape index (κ3) is 5.77. The molecule has 4 rings (SSSR count). The molecule has 0 radical (unpaired) electrons. The fourth-order valence-electron chi connectivity index (χ4n) is 4.20. The van der Waals surface area contributed by atoms with Crippen LogP contribution >= 0.6 is 0 Å². The molecule has 0 aromatic carbocycles. The fraction of sp³-hybridized carbons (Fsp3) is 0.682. The van der Waals surface area contributed by atoms with Crippen LogP contribution in [0.15, 0.2) is 12.5 Å². The molecule has 170 valence electrons. The molecule has 2 fully saturated rings. The minimum atomic E-state index is -1.12. The normalized spacial score (nSPS) is 19.7. The Morgan fingerprint density at radius 2 is 2.10 bits per heavy atom. The summed E-state index contributed by atoms with van der Waals surface area (Å²) in [5.74, 6) is 1.57. The number of hydrogen-bond acceptors (Lipinski definition) is 5. The van der Waals surface area contributed by atoms with Crippen molar-refractivity contribution in [1.29, 1.82) is 0 Å². The summed E-state index contributed by atoms with van der Waals surface area (Å²) in [6.07, 6.45) is 8.33. The number of rotatable bonds is 9. The van der Waals surface area contributed by atoms with E-state index in [1.54, 1.807) is 6.33 Å². The van der Waals surface area contributed by atoms with Gasteiger partial charge in [-0.3, -0.25) is 0 Å². The van der Waals surface area contributed by atoms with Gasteiger partial charge < -0.3 is 24.6 Å². The number of carbonyl (C=O) groups is 1. The smallest absolute Gasteiger partial charge is 0.407 e. The molecule has 2 aromatic rings. The minimum absolute atomic E-state index is 0.0630. The highest BCUT2D eigenvalue weighted by Crippen LogP contribution is 2.37. The van der Waals surface area contributed by atoms with Gasteiger partial charge in [-0.25, -0.2) is 14.8 Å². The van der Waals surface area contributed by atoms with Crippen LogP contribution in [0.1, 0.15) is 31.2 Å². The molecule has 1 aliphatic heterocycles. The van der Waals surface area contributed by atoms with Crippen molar-refractivity contribution in [3.8, 4) is 0 Å². The van der Waals surface area contributed by atoms with E-state index in [0.29, 0.717) is 19.8 Å². The second-order valence-electron chi connectivity index (χ2n) is 10.3. The number of ether oxygens (including phenoxy) is 1. The van der Waals surface area contributed by atoms with Crippen molar-refractivity contribution < 1.29 is 14.6 Å². The summed E-state index contributed by atoms with van der Waals surface area (Å²) in [7, 11) is -1.12. The van der Waals surface area contributed by atoms with Crippen molar-refractivity contribution in [3.63, 3.8) is 0 Å². The van der Waals surface area contributed by atoms with Crippen LogP contribution in [-0.4, -0.2) is 64.4 Å². The largest absolute Gasteiger partial charge is 0.465 e. The molecule has 1 saturated heterocycles. The van der Waals surface area contributed by atoms with Crippen LogP contribution in [-0.2, 0) is 17.9 Å². The number of anilines is 1. The SMILES string of the molecule is C[Si](C)(C)CCOCn1cc(CC2CC2)c2c(NC3CCCN(C(=O)O)C3)ncnc21. The van der Waals surface area contributed by atoms with Gasteiger partial charge >= 0.3 is 6.09 Å². The molecule has 1 atom stereocenters. The Kier molecular flexibility index (Phi) is 6.52. The first-order valence-corrected chi connectivity index (χ1v) is 15.2. The molecule has 0 spiro atoms. The number of aromatic nitrogens is 3. The lowest BCUT2D eigenvalue weighted by Gasteiger charge is -2.31. The second-order valence-corrected chi connectivity index (χ2v) is 15.9. The Labute approximate surface area is 185 Å². The first-order chi connectivity index (χ1) is 14.8. The van der Waals surface area contributed by atoms with Crippen LogP contribution in [0.4, 0.5) is 10.6 Å². The summed E-state index contributed by atoms with van der Waals surface area (Å²) in [6.45, 7) is 9.43. The molecular formula is C22H35N5O3Si. The van der Waals surface area contributed by atoms with Gasteiger partial charge in [0, 0.05) is 40.0 Å². The first kappa shape index (κ1) is 22.1. The minimum Gasteiger partial charge on any atom is -0.465 e. The van der Waals surface area contributed by atoms with Crippen molar-refractivity contribution in [2.24, 2.45) is 5.92 Å². The maximum atomic E-state index is 11.4. The molecule has 1 aliphatic carbocycles. The van der Waals surface area contributed by atoms with E-state index < -0.39 is 14.2 Å². The van der Waals surface area contributed by atoms with Gasteiger partial charge in [0.05, 0.1) is 5.39 Å². The lowest BCUT2D eigenvalue weighted by atomic mass is 10.1. The van der Waals surface area contributed by atoms with E-state index in [2.05, 4.69) is 45.7 Å².